The second-order valence-electron chi connectivity index (χ2n) is 8.19. The standard InChI is InChI=1S/C23H32N2O4/c1-3-4-6-18-14-21(26)29-23-17(2)22-19(13-20(18)23)15-25(16-28-22)8-5-7-24-9-11-27-12-10-24/h13-14H,3-12,15-16H2,1-2H3. The molecule has 29 heavy (non-hydrogen) atoms. The number of unbranched alkanes of at least 4 members (excludes halogenated alkanes) is 1. The van der Waals surface area contributed by atoms with Crippen molar-refractivity contribution in [3.8, 4) is 5.75 Å². The molecule has 2 aliphatic rings. The number of hydrogen-bond acceptors (Lipinski definition) is 6. The molecule has 0 spiro atoms. The van der Waals surface area contributed by atoms with E-state index in [1.54, 1.807) is 6.07 Å². The van der Waals surface area contributed by atoms with Crippen LogP contribution in [0.4, 0.5) is 0 Å². The van der Waals surface area contributed by atoms with E-state index in [0.29, 0.717) is 12.3 Å². The lowest BCUT2D eigenvalue weighted by Gasteiger charge is -2.32. The van der Waals surface area contributed by atoms with Gasteiger partial charge >= 0.3 is 5.63 Å². The highest BCUT2D eigenvalue weighted by Gasteiger charge is 2.23. The molecule has 0 amide bonds. The molecule has 1 fully saturated rings. The second kappa shape index (κ2) is 9.28. The van der Waals surface area contributed by atoms with Crippen molar-refractivity contribution in [2.75, 3.05) is 46.1 Å². The lowest BCUT2D eigenvalue weighted by Crippen LogP contribution is -2.39. The maximum atomic E-state index is 12.1. The molecule has 0 N–H and O–H groups in total. The Hall–Kier alpha value is -1.89. The number of aryl methyl sites for hydroxylation is 2. The van der Waals surface area contributed by atoms with E-state index >= 15 is 0 Å². The number of morpholine rings is 1. The molecule has 0 bridgehead atoms. The molecule has 2 aromatic rings. The summed E-state index contributed by atoms with van der Waals surface area (Å²) >= 11 is 0. The van der Waals surface area contributed by atoms with E-state index in [9.17, 15) is 4.79 Å². The molecule has 6 heteroatoms. The predicted octanol–water partition coefficient (Wildman–Crippen LogP) is 3.32. The fourth-order valence-electron chi connectivity index (χ4n) is 4.39. The van der Waals surface area contributed by atoms with Crippen molar-refractivity contribution >= 4 is 11.0 Å². The van der Waals surface area contributed by atoms with Crippen LogP contribution in [0.5, 0.6) is 5.75 Å². The lowest BCUT2D eigenvalue weighted by atomic mass is 9.98. The highest BCUT2D eigenvalue weighted by atomic mass is 16.5. The van der Waals surface area contributed by atoms with Crippen LogP contribution in [-0.4, -0.2) is 55.9 Å². The van der Waals surface area contributed by atoms with Crippen molar-refractivity contribution in [3.63, 3.8) is 0 Å². The SMILES string of the molecule is CCCCc1cc(=O)oc2c(C)c3c(cc12)CN(CCCN1CCOCC1)CO3. The summed E-state index contributed by atoms with van der Waals surface area (Å²) in [5.74, 6) is 0.887. The molecule has 4 rings (SSSR count). The Morgan fingerprint density at radius 3 is 2.66 bits per heavy atom. The van der Waals surface area contributed by atoms with Gasteiger partial charge < -0.3 is 13.9 Å². The van der Waals surface area contributed by atoms with E-state index in [2.05, 4.69) is 22.8 Å². The molecule has 0 saturated carbocycles. The van der Waals surface area contributed by atoms with Crippen LogP contribution >= 0.6 is 0 Å². The molecule has 1 aromatic heterocycles. The normalized spacial score (nSPS) is 18.0. The van der Waals surface area contributed by atoms with E-state index in [4.69, 9.17) is 13.9 Å². The Morgan fingerprint density at radius 2 is 1.86 bits per heavy atom. The minimum atomic E-state index is -0.271. The smallest absolute Gasteiger partial charge is 0.336 e. The molecule has 0 atom stereocenters. The summed E-state index contributed by atoms with van der Waals surface area (Å²) in [6.07, 6.45) is 4.20. The molecule has 0 radical (unpaired) electrons. The Kier molecular flexibility index (Phi) is 6.53. The van der Waals surface area contributed by atoms with Gasteiger partial charge in [0.25, 0.3) is 0 Å². The number of fused-ring (bicyclic) bond motifs is 2. The first-order valence-corrected chi connectivity index (χ1v) is 10.9. The van der Waals surface area contributed by atoms with E-state index < -0.39 is 0 Å². The van der Waals surface area contributed by atoms with E-state index in [1.807, 2.05) is 6.92 Å². The highest BCUT2D eigenvalue weighted by Crippen LogP contribution is 2.36. The number of rotatable bonds is 7. The summed E-state index contributed by atoms with van der Waals surface area (Å²) in [6.45, 7) is 11.5. The van der Waals surface area contributed by atoms with Crippen LogP contribution in [0.25, 0.3) is 11.0 Å². The first-order chi connectivity index (χ1) is 14.2. The van der Waals surface area contributed by atoms with E-state index in [1.165, 1.54) is 5.56 Å². The largest absolute Gasteiger partial charge is 0.477 e. The average molecular weight is 401 g/mol. The minimum Gasteiger partial charge on any atom is -0.477 e. The Labute approximate surface area is 172 Å². The van der Waals surface area contributed by atoms with Crippen LogP contribution in [0.15, 0.2) is 21.3 Å². The summed E-state index contributed by atoms with van der Waals surface area (Å²) < 4.78 is 17.1. The van der Waals surface area contributed by atoms with Crippen molar-refractivity contribution in [1.82, 2.24) is 9.80 Å². The van der Waals surface area contributed by atoms with Gasteiger partial charge in [0, 0.05) is 48.8 Å². The van der Waals surface area contributed by atoms with Crippen LogP contribution < -0.4 is 10.4 Å². The van der Waals surface area contributed by atoms with Crippen molar-refractivity contribution in [1.29, 1.82) is 0 Å². The van der Waals surface area contributed by atoms with Gasteiger partial charge in [0.1, 0.15) is 18.1 Å². The number of hydrogen-bond donors (Lipinski definition) is 0. The fourth-order valence-corrected chi connectivity index (χ4v) is 4.39. The summed E-state index contributed by atoms with van der Waals surface area (Å²) in [6, 6.07) is 3.84. The van der Waals surface area contributed by atoms with Crippen molar-refractivity contribution in [2.45, 2.75) is 46.1 Å². The van der Waals surface area contributed by atoms with E-state index in [-0.39, 0.29) is 5.63 Å². The molecule has 6 nitrogen and oxygen atoms in total. The molecular weight excluding hydrogens is 368 g/mol. The van der Waals surface area contributed by atoms with Crippen LogP contribution in [0, 0.1) is 6.92 Å². The van der Waals surface area contributed by atoms with Crippen LogP contribution in [0.3, 0.4) is 0 Å². The lowest BCUT2D eigenvalue weighted by molar-refractivity contribution is 0.0330. The van der Waals surface area contributed by atoms with Crippen molar-refractivity contribution in [2.24, 2.45) is 0 Å². The van der Waals surface area contributed by atoms with Gasteiger partial charge in [-0.15, -0.1) is 0 Å². The minimum absolute atomic E-state index is 0.271. The number of ether oxygens (including phenoxy) is 2. The third-order valence-electron chi connectivity index (χ3n) is 6.01. The van der Waals surface area contributed by atoms with Gasteiger partial charge in [-0.3, -0.25) is 9.80 Å². The quantitative estimate of drug-likeness (QED) is 0.665. The zero-order valence-electron chi connectivity index (χ0n) is 17.7. The Bertz CT molecular complexity index is 902. The monoisotopic (exact) mass is 400 g/mol. The molecule has 158 valence electrons. The van der Waals surface area contributed by atoms with Gasteiger partial charge in [-0.25, -0.2) is 4.79 Å². The van der Waals surface area contributed by atoms with Gasteiger partial charge in [-0.1, -0.05) is 13.3 Å². The summed E-state index contributed by atoms with van der Waals surface area (Å²) in [5.41, 5.74) is 3.64. The number of benzene rings is 1. The van der Waals surface area contributed by atoms with Crippen LogP contribution in [-0.2, 0) is 17.7 Å². The van der Waals surface area contributed by atoms with Gasteiger partial charge in [0.15, 0.2) is 0 Å². The maximum absolute atomic E-state index is 12.1. The molecule has 1 saturated heterocycles. The average Bonchev–Trinajstić information content (AvgIpc) is 2.73. The second-order valence-corrected chi connectivity index (χ2v) is 8.19. The highest BCUT2D eigenvalue weighted by molar-refractivity contribution is 5.86. The zero-order chi connectivity index (χ0) is 20.2. The maximum Gasteiger partial charge on any atom is 0.336 e. The topological polar surface area (TPSA) is 55.2 Å². The summed E-state index contributed by atoms with van der Waals surface area (Å²) in [5, 5.41) is 1.06. The predicted molar refractivity (Wildman–Crippen MR) is 114 cm³/mol. The third kappa shape index (κ3) is 4.65. The Balaban J connectivity index is 1.50. The fraction of sp³-hybridized carbons (Fsp3) is 0.609. The van der Waals surface area contributed by atoms with Gasteiger partial charge in [0.05, 0.1) is 13.2 Å². The van der Waals surface area contributed by atoms with Crippen LogP contribution in [0.1, 0.15) is 42.9 Å². The molecule has 0 unspecified atom stereocenters. The Morgan fingerprint density at radius 1 is 1.07 bits per heavy atom. The van der Waals surface area contributed by atoms with E-state index in [0.717, 1.165) is 93.9 Å². The van der Waals surface area contributed by atoms with Crippen molar-refractivity contribution in [3.05, 3.63) is 39.2 Å². The third-order valence-corrected chi connectivity index (χ3v) is 6.01. The van der Waals surface area contributed by atoms with Gasteiger partial charge in [0.2, 0.25) is 0 Å². The molecule has 0 aliphatic carbocycles. The zero-order valence-corrected chi connectivity index (χ0v) is 17.7. The molecular formula is C23H32N2O4. The van der Waals surface area contributed by atoms with Gasteiger partial charge in [-0.2, -0.15) is 0 Å². The summed E-state index contributed by atoms with van der Waals surface area (Å²) in [7, 11) is 0. The first kappa shape index (κ1) is 20.4. The molecule has 2 aliphatic heterocycles. The first-order valence-electron chi connectivity index (χ1n) is 10.9. The summed E-state index contributed by atoms with van der Waals surface area (Å²) in [4.78, 5) is 16.9. The number of nitrogens with zero attached hydrogens (tertiary/aromatic N) is 2. The molecule has 3 heterocycles. The molecule has 1 aromatic carbocycles. The van der Waals surface area contributed by atoms with Crippen molar-refractivity contribution < 1.29 is 13.9 Å². The van der Waals surface area contributed by atoms with Gasteiger partial charge in [-0.05, 0) is 44.4 Å². The van der Waals surface area contributed by atoms with Crippen LogP contribution in [0.2, 0.25) is 0 Å².